The van der Waals surface area contributed by atoms with Gasteiger partial charge in [0.25, 0.3) is 0 Å². The van der Waals surface area contributed by atoms with Crippen LogP contribution < -0.4 is 9.64 Å². The van der Waals surface area contributed by atoms with Gasteiger partial charge in [0.2, 0.25) is 5.88 Å². The van der Waals surface area contributed by atoms with Gasteiger partial charge < -0.3 is 14.7 Å². The topological polar surface area (TPSA) is 61.7 Å². The number of benzene rings is 2. The molecule has 156 valence electrons. The van der Waals surface area contributed by atoms with E-state index in [0.717, 1.165) is 50.4 Å². The van der Waals surface area contributed by atoms with Gasteiger partial charge in [-0.2, -0.15) is 4.98 Å². The van der Waals surface area contributed by atoms with Crippen molar-refractivity contribution >= 4 is 5.69 Å². The van der Waals surface area contributed by atoms with Crippen molar-refractivity contribution in [1.82, 2.24) is 14.9 Å². The molecular formula is C24H28N4O2. The summed E-state index contributed by atoms with van der Waals surface area (Å²) in [6, 6.07) is 19.4. The van der Waals surface area contributed by atoms with Crippen molar-refractivity contribution < 1.29 is 9.84 Å². The van der Waals surface area contributed by atoms with E-state index >= 15 is 0 Å². The number of phenolic OH excluding ortho intramolecular Hbond substituents is 1. The molecule has 0 bridgehead atoms. The molecule has 1 aliphatic heterocycles. The number of para-hydroxylation sites is 1. The second-order valence-electron chi connectivity index (χ2n) is 7.58. The van der Waals surface area contributed by atoms with Crippen molar-refractivity contribution in [2.45, 2.75) is 13.3 Å². The van der Waals surface area contributed by atoms with E-state index < -0.39 is 0 Å². The fourth-order valence-corrected chi connectivity index (χ4v) is 3.69. The Hall–Kier alpha value is -3.12. The number of hydrogen-bond donors (Lipinski definition) is 1. The molecule has 0 amide bonds. The number of phenols is 1. The van der Waals surface area contributed by atoms with Crippen LogP contribution in [0.15, 0.2) is 60.7 Å². The third-order valence-corrected chi connectivity index (χ3v) is 5.32. The lowest BCUT2D eigenvalue weighted by atomic mass is 10.2. The van der Waals surface area contributed by atoms with Gasteiger partial charge in [-0.3, -0.25) is 4.90 Å². The number of hydrogen-bond acceptors (Lipinski definition) is 6. The van der Waals surface area contributed by atoms with Crippen molar-refractivity contribution in [3.8, 4) is 23.0 Å². The quantitative estimate of drug-likeness (QED) is 0.605. The predicted molar refractivity (Wildman–Crippen MR) is 119 cm³/mol. The Morgan fingerprint density at radius 1 is 0.933 bits per heavy atom. The van der Waals surface area contributed by atoms with Crippen LogP contribution in [0, 0.1) is 6.92 Å². The van der Waals surface area contributed by atoms with Crippen LogP contribution in [0.4, 0.5) is 5.69 Å². The summed E-state index contributed by atoms with van der Waals surface area (Å²) in [6.07, 6.45) is 0.961. The monoisotopic (exact) mass is 404 g/mol. The van der Waals surface area contributed by atoms with Crippen molar-refractivity contribution in [2.24, 2.45) is 0 Å². The minimum absolute atomic E-state index is 0.229. The lowest BCUT2D eigenvalue weighted by Gasteiger charge is -2.36. The molecule has 1 N–H and O–H groups in total. The summed E-state index contributed by atoms with van der Waals surface area (Å²) < 4.78 is 5.92. The van der Waals surface area contributed by atoms with Crippen LogP contribution in [-0.4, -0.2) is 59.3 Å². The molecule has 30 heavy (non-hydrogen) atoms. The Morgan fingerprint density at radius 2 is 1.67 bits per heavy atom. The highest BCUT2D eigenvalue weighted by atomic mass is 16.5. The predicted octanol–water partition coefficient (Wildman–Crippen LogP) is 3.75. The third-order valence-electron chi connectivity index (χ3n) is 5.32. The maximum absolute atomic E-state index is 9.46. The summed E-state index contributed by atoms with van der Waals surface area (Å²) >= 11 is 0. The maximum Gasteiger partial charge on any atom is 0.217 e. The summed E-state index contributed by atoms with van der Waals surface area (Å²) in [4.78, 5) is 13.9. The summed E-state index contributed by atoms with van der Waals surface area (Å²) in [7, 11) is 0. The molecule has 0 spiro atoms. The molecule has 1 aromatic heterocycles. The molecule has 2 aromatic carbocycles. The number of piperazine rings is 1. The van der Waals surface area contributed by atoms with Gasteiger partial charge >= 0.3 is 0 Å². The van der Waals surface area contributed by atoms with Gasteiger partial charge in [-0.25, -0.2) is 4.98 Å². The molecule has 0 saturated carbocycles. The zero-order chi connectivity index (χ0) is 20.8. The zero-order valence-corrected chi connectivity index (χ0v) is 17.4. The maximum atomic E-state index is 9.46. The van der Waals surface area contributed by atoms with Gasteiger partial charge in [-0.05, 0) is 49.7 Å². The summed E-state index contributed by atoms with van der Waals surface area (Å²) in [5.41, 5.74) is 3.03. The molecule has 0 aliphatic carbocycles. The van der Waals surface area contributed by atoms with E-state index in [2.05, 4.69) is 50.1 Å². The number of aryl methyl sites for hydroxylation is 1. The smallest absolute Gasteiger partial charge is 0.217 e. The number of ether oxygens (including phenoxy) is 1. The second-order valence-corrected chi connectivity index (χ2v) is 7.58. The highest BCUT2D eigenvalue weighted by Crippen LogP contribution is 2.21. The van der Waals surface area contributed by atoms with Gasteiger partial charge in [0.05, 0.1) is 6.61 Å². The molecule has 2 heterocycles. The molecule has 6 nitrogen and oxygen atoms in total. The van der Waals surface area contributed by atoms with Crippen molar-refractivity contribution in [3.63, 3.8) is 0 Å². The lowest BCUT2D eigenvalue weighted by Crippen LogP contribution is -2.46. The van der Waals surface area contributed by atoms with Crippen molar-refractivity contribution in [3.05, 3.63) is 66.4 Å². The number of rotatable bonds is 7. The Morgan fingerprint density at radius 3 is 2.40 bits per heavy atom. The Labute approximate surface area is 177 Å². The first-order valence-corrected chi connectivity index (χ1v) is 10.5. The van der Waals surface area contributed by atoms with E-state index in [9.17, 15) is 5.11 Å². The molecule has 4 rings (SSSR count). The van der Waals surface area contributed by atoms with Gasteiger partial charge in [-0.15, -0.1) is 0 Å². The Kier molecular flexibility index (Phi) is 6.44. The van der Waals surface area contributed by atoms with Crippen LogP contribution in [-0.2, 0) is 0 Å². The molecule has 0 radical (unpaired) electrons. The van der Waals surface area contributed by atoms with E-state index in [1.807, 2.05) is 25.1 Å². The largest absolute Gasteiger partial charge is 0.508 e. The zero-order valence-electron chi connectivity index (χ0n) is 17.4. The van der Waals surface area contributed by atoms with Gasteiger partial charge in [-0.1, -0.05) is 18.2 Å². The van der Waals surface area contributed by atoms with E-state index in [1.54, 1.807) is 12.1 Å². The van der Waals surface area contributed by atoms with E-state index in [-0.39, 0.29) is 5.75 Å². The molecule has 1 aliphatic rings. The van der Waals surface area contributed by atoms with Gasteiger partial charge in [0.15, 0.2) is 5.82 Å². The van der Waals surface area contributed by atoms with Gasteiger partial charge in [0, 0.05) is 55.7 Å². The standard InChI is InChI=1S/C24H28N4O2/c1-19-18-23(26-24(25-19)20-8-10-22(29)11-9-20)30-17-5-12-27-13-15-28(16-14-27)21-6-3-2-4-7-21/h2-4,6-11,18,29H,5,12-17H2,1H3. The normalized spacial score (nSPS) is 14.6. The Balaban J connectivity index is 1.24. The molecule has 6 heteroatoms. The van der Waals surface area contributed by atoms with E-state index in [0.29, 0.717) is 18.3 Å². The van der Waals surface area contributed by atoms with Crippen LogP contribution >= 0.6 is 0 Å². The number of anilines is 1. The molecular weight excluding hydrogens is 376 g/mol. The SMILES string of the molecule is Cc1cc(OCCCN2CCN(c3ccccc3)CC2)nc(-c2ccc(O)cc2)n1. The fraction of sp³-hybridized carbons (Fsp3) is 0.333. The first-order valence-electron chi connectivity index (χ1n) is 10.5. The molecule has 0 atom stereocenters. The van der Waals surface area contributed by atoms with Crippen LogP contribution in [0.1, 0.15) is 12.1 Å². The first kappa shape index (κ1) is 20.2. The van der Waals surface area contributed by atoms with Crippen LogP contribution in [0.5, 0.6) is 11.6 Å². The number of aromatic hydroxyl groups is 1. The number of nitrogens with zero attached hydrogens (tertiary/aromatic N) is 4. The first-order chi connectivity index (χ1) is 14.7. The lowest BCUT2D eigenvalue weighted by molar-refractivity contribution is 0.222. The van der Waals surface area contributed by atoms with Crippen molar-refractivity contribution in [1.29, 1.82) is 0 Å². The fourth-order valence-electron chi connectivity index (χ4n) is 3.69. The third kappa shape index (κ3) is 5.27. The van der Waals surface area contributed by atoms with Crippen LogP contribution in [0.3, 0.4) is 0 Å². The average Bonchev–Trinajstić information content (AvgIpc) is 2.78. The summed E-state index contributed by atoms with van der Waals surface area (Å²) in [6.45, 7) is 7.86. The number of aromatic nitrogens is 2. The minimum Gasteiger partial charge on any atom is -0.508 e. The van der Waals surface area contributed by atoms with Crippen LogP contribution in [0.2, 0.25) is 0 Å². The molecule has 1 fully saturated rings. The highest BCUT2D eigenvalue weighted by Gasteiger charge is 2.16. The average molecular weight is 405 g/mol. The molecule has 1 saturated heterocycles. The Bertz CT molecular complexity index is 939. The van der Waals surface area contributed by atoms with Crippen LogP contribution in [0.25, 0.3) is 11.4 Å². The van der Waals surface area contributed by atoms with Crippen molar-refractivity contribution in [2.75, 3.05) is 44.2 Å². The van der Waals surface area contributed by atoms with E-state index in [4.69, 9.17) is 4.74 Å². The minimum atomic E-state index is 0.229. The molecule has 0 unspecified atom stereocenters. The highest BCUT2D eigenvalue weighted by molar-refractivity contribution is 5.56. The summed E-state index contributed by atoms with van der Waals surface area (Å²) in [5, 5.41) is 9.46. The second kappa shape index (κ2) is 9.59. The summed E-state index contributed by atoms with van der Waals surface area (Å²) in [5.74, 6) is 1.44. The van der Waals surface area contributed by atoms with E-state index in [1.165, 1.54) is 5.69 Å². The molecule has 3 aromatic rings. The van der Waals surface area contributed by atoms with Gasteiger partial charge in [0.1, 0.15) is 5.75 Å².